The topological polar surface area (TPSA) is 75.0 Å². The number of halogens is 1. The summed E-state index contributed by atoms with van der Waals surface area (Å²) in [6.45, 7) is 3.61. The lowest BCUT2D eigenvalue weighted by molar-refractivity contribution is -0.122. The van der Waals surface area contributed by atoms with E-state index >= 15 is 0 Å². The predicted octanol–water partition coefficient (Wildman–Crippen LogP) is 5.05. The number of anilines is 1. The maximum absolute atomic E-state index is 12.4. The zero-order valence-corrected chi connectivity index (χ0v) is 16.3. The van der Waals surface area contributed by atoms with Crippen LogP contribution in [0.2, 0.25) is 5.02 Å². The van der Waals surface area contributed by atoms with Crippen LogP contribution in [0, 0.1) is 18.3 Å². The van der Waals surface area contributed by atoms with E-state index in [1.807, 2.05) is 25.1 Å². The molecule has 1 unspecified atom stereocenters. The highest BCUT2D eigenvalue weighted by atomic mass is 35.5. The van der Waals surface area contributed by atoms with Crippen LogP contribution in [0.3, 0.4) is 0 Å². The van der Waals surface area contributed by atoms with Crippen LogP contribution < -0.4 is 10.1 Å². The number of nitrogens with one attached hydrogen (secondary N) is 1. The van der Waals surface area contributed by atoms with Crippen molar-refractivity contribution in [1.29, 1.82) is 5.26 Å². The average molecular weight is 398 g/mol. The van der Waals surface area contributed by atoms with Crippen molar-refractivity contribution in [3.8, 4) is 23.1 Å². The largest absolute Gasteiger partial charge is 0.481 e. The van der Waals surface area contributed by atoms with Crippen LogP contribution in [0.25, 0.3) is 11.3 Å². The SMILES string of the molecule is Cc1sc(NC(=O)C(C)Oc2ccc(C#N)cc2)nc1-c1ccc(Cl)cc1. The number of rotatable bonds is 5. The van der Waals surface area contributed by atoms with E-state index in [0.29, 0.717) is 21.5 Å². The van der Waals surface area contributed by atoms with Gasteiger partial charge >= 0.3 is 0 Å². The molecule has 0 aliphatic heterocycles. The van der Waals surface area contributed by atoms with Gasteiger partial charge in [-0.25, -0.2) is 4.98 Å². The van der Waals surface area contributed by atoms with Gasteiger partial charge in [0.05, 0.1) is 17.3 Å². The number of carbonyl (C=O) groups excluding carboxylic acids is 1. The van der Waals surface area contributed by atoms with Gasteiger partial charge in [0.25, 0.3) is 5.91 Å². The number of hydrogen-bond donors (Lipinski definition) is 1. The van der Waals surface area contributed by atoms with E-state index in [4.69, 9.17) is 21.6 Å². The number of hydrogen-bond acceptors (Lipinski definition) is 5. The Morgan fingerprint density at radius 2 is 1.89 bits per heavy atom. The molecular weight excluding hydrogens is 382 g/mol. The molecule has 1 amide bonds. The standard InChI is InChI=1S/C20H16ClN3O2S/c1-12(26-17-9-3-14(11-22)4-10-17)19(25)24-20-23-18(13(2)27-20)15-5-7-16(21)8-6-15/h3-10,12H,1-2H3,(H,23,24,25). The van der Waals surface area contributed by atoms with Crippen molar-refractivity contribution in [2.45, 2.75) is 20.0 Å². The van der Waals surface area contributed by atoms with E-state index in [2.05, 4.69) is 10.3 Å². The highest BCUT2D eigenvalue weighted by molar-refractivity contribution is 7.16. The molecule has 0 bridgehead atoms. The van der Waals surface area contributed by atoms with Crippen molar-refractivity contribution in [2.75, 3.05) is 5.32 Å². The Balaban J connectivity index is 1.67. The molecule has 2 aromatic carbocycles. The van der Waals surface area contributed by atoms with Crippen LogP contribution in [0.4, 0.5) is 5.13 Å². The number of aryl methyl sites for hydroxylation is 1. The molecule has 1 atom stereocenters. The van der Waals surface area contributed by atoms with Gasteiger partial charge in [-0.05, 0) is 50.2 Å². The molecule has 27 heavy (non-hydrogen) atoms. The number of amides is 1. The van der Waals surface area contributed by atoms with E-state index in [-0.39, 0.29) is 5.91 Å². The fourth-order valence-corrected chi connectivity index (χ4v) is 3.36. The second-order valence-corrected chi connectivity index (χ2v) is 7.46. The maximum Gasteiger partial charge on any atom is 0.266 e. The van der Waals surface area contributed by atoms with E-state index in [1.54, 1.807) is 43.3 Å². The molecule has 5 nitrogen and oxygen atoms in total. The lowest BCUT2D eigenvalue weighted by atomic mass is 10.1. The molecule has 0 saturated carbocycles. The summed E-state index contributed by atoms with van der Waals surface area (Å²) >= 11 is 7.33. The molecule has 0 fully saturated rings. The number of thiazole rings is 1. The summed E-state index contributed by atoms with van der Waals surface area (Å²) in [5.41, 5.74) is 2.29. The summed E-state index contributed by atoms with van der Waals surface area (Å²) < 4.78 is 5.62. The molecule has 0 aliphatic rings. The second-order valence-electron chi connectivity index (χ2n) is 5.82. The minimum atomic E-state index is -0.707. The fraction of sp³-hybridized carbons (Fsp3) is 0.150. The first kappa shape index (κ1) is 18.9. The van der Waals surface area contributed by atoms with Crippen molar-refractivity contribution < 1.29 is 9.53 Å². The first-order valence-electron chi connectivity index (χ1n) is 8.17. The third kappa shape index (κ3) is 4.64. The molecular formula is C20H16ClN3O2S. The van der Waals surface area contributed by atoms with Gasteiger partial charge in [-0.3, -0.25) is 10.1 Å². The van der Waals surface area contributed by atoms with Crippen LogP contribution >= 0.6 is 22.9 Å². The van der Waals surface area contributed by atoms with Crippen molar-refractivity contribution in [1.82, 2.24) is 4.98 Å². The quantitative estimate of drug-likeness (QED) is 0.653. The Kier molecular flexibility index (Phi) is 5.75. The first-order chi connectivity index (χ1) is 13.0. The number of ether oxygens (including phenoxy) is 1. The highest BCUT2D eigenvalue weighted by Crippen LogP contribution is 2.31. The van der Waals surface area contributed by atoms with Gasteiger partial charge < -0.3 is 4.74 Å². The summed E-state index contributed by atoms with van der Waals surface area (Å²) in [7, 11) is 0. The summed E-state index contributed by atoms with van der Waals surface area (Å²) in [6.07, 6.45) is -0.707. The summed E-state index contributed by atoms with van der Waals surface area (Å²) in [6, 6.07) is 16.0. The molecule has 3 rings (SSSR count). The summed E-state index contributed by atoms with van der Waals surface area (Å²) in [5.74, 6) is 0.226. The average Bonchev–Trinajstić information content (AvgIpc) is 3.03. The van der Waals surface area contributed by atoms with Crippen LogP contribution in [0.15, 0.2) is 48.5 Å². The molecule has 1 aromatic heterocycles. The van der Waals surface area contributed by atoms with Crippen LogP contribution in [0.5, 0.6) is 5.75 Å². The van der Waals surface area contributed by atoms with Gasteiger partial charge in [-0.2, -0.15) is 5.26 Å². The molecule has 7 heteroatoms. The lowest BCUT2D eigenvalue weighted by Gasteiger charge is -2.13. The molecule has 0 spiro atoms. The predicted molar refractivity (Wildman–Crippen MR) is 107 cm³/mol. The molecule has 0 saturated heterocycles. The van der Waals surface area contributed by atoms with Gasteiger partial charge in [0.15, 0.2) is 11.2 Å². The van der Waals surface area contributed by atoms with E-state index in [0.717, 1.165) is 16.1 Å². The Morgan fingerprint density at radius 1 is 1.22 bits per heavy atom. The second kappa shape index (κ2) is 8.21. The Labute approximate surface area is 166 Å². The molecule has 1 heterocycles. The van der Waals surface area contributed by atoms with Crippen LogP contribution in [-0.2, 0) is 4.79 Å². The number of nitriles is 1. The van der Waals surface area contributed by atoms with Crippen LogP contribution in [0.1, 0.15) is 17.4 Å². The molecule has 0 radical (unpaired) electrons. The normalized spacial score (nSPS) is 11.5. The van der Waals surface area contributed by atoms with Crippen molar-refractivity contribution >= 4 is 34.0 Å². The van der Waals surface area contributed by atoms with Crippen molar-refractivity contribution in [3.63, 3.8) is 0 Å². The van der Waals surface area contributed by atoms with Crippen LogP contribution in [-0.4, -0.2) is 17.0 Å². The third-order valence-corrected chi connectivity index (χ3v) is 4.95. The van der Waals surface area contributed by atoms with E-state index in [9.17, 15) is 4.79 Å². The Morgan fingerprint density at radius 3 is 2.52 bits per heavy atom. The van der Waals surface area contributed by atoms with Gasteiger partial charge in [-0.15, -0.1) is 11.3 Å². The maximum atomic E-state index is 12.4. The fourth-order valence-electron chi connectivity index (χ4n) is 2.40. The monoisotopic (exact) mass is 397 g/mol. The zero-order chi connectivity index (χ0) is 19.4. The highest BCUT2D eigenvalue weighted by Gasteiger charge is 2.18. The number of benzene rings is 2. The Hall–Kier alpha value is -2.88. The Bertz CT molecular complexity index is 992. The summed E-state index contributed by atoms with van der Waals surface area (Å²) in [4.78, 5) is 17.9. The molecule has 1 N–H and O–H groups in total. The number of carbonyl (C=O) groups is 1. The minimum absolute atomic E-state index is 0.296. The third-order valence-electron chi connectivity index (χ3n) is 3.81. The van der Waals surface area contributed by atoms with Crippen molar-refractivity contribution in [2.24, 2.45) is 0 Å². The number of nitrogens with zero attached hydrogens (tertiary/aromatic N) is 2. The smallest absolute Gasteiger partial charge is 0.266 e. The van der Waals surface area contributed by atoms with Gasteiger partial charge in [0, 0.05) is 15.5 Å². The molecule has 3 aromatic rings. The van der Waals surface area contributed by atoms with Gasteiger partial charge in [0.2, 0.25) is 0 Å². The van der Waals surface area contributed by atoms with E-state index < -0.39 is 6.10 Å². The van der Waals surface area contributed by atoms with Gasteiger partial charge in [-0.1, -0.05) is 23.7 Å². The first-order valence-corrected chi connectivity index (χ1v) is 9.37. The minimum Gasteiger partial charge on any atom is -0.481 e. The molecule has 136 valence electrons. The zero-order valence-electron chi connectivity index (χ0n) is 14.7. The molecule has 0 aliphatic carbocycles. The lowest BCUT2D eigenvalue weighted by Crippen LogP contribution is -2.30. The number of aromatic nitrogens is 1. The van der Waals surface area contributed by atoms with Crippen molar-refractivity contribution in [3.05, 3.63) is 64.0 Å². The summed E-state index contributed by atoms with van der Waals surface area (Å²) in [5, 5.41) is 12.8. The van der Waals surface area contributed by atoms with Gasteiger partial charge in [0.1, 0.15) is 5.75 Å². The van der Waals surface area contributed by atoms with E-state index in [1.165, 1.54) is 11.3 Å².